The van der Waals surface area contributed by atoms with E-state index < -0.39 is 0 Å². The Kier molecular flexibility index (Phi) is 4.53. The first kappa shape index (κ1) is 15.9. The predicted molar refractivity (Wildman–Crippen MR) is 100 cm³/mol. The second-order valence-electron chi connectivity index (χ2n) is 6.45. The quantitative estimate of drug-likeness (QED) is 0.721. The van der Waals surface area contributed by atoms with E-state index in [9.17, 15) is 0 Å². The van der Waals surface area contributed by atoms with E-state index >= 15 is 0 Å². The molecule has 1 unspecified atom stereocenters. The Labute approximate surface area is 148 Å². The number of morpholine rings is 1. The van der Waals surface area contributed by atoms with Gasteiger partial charge in [-0.3, -0.25) is 4.98 Å². The first-order valence-electron chi connectivity index (χ1n) is 8.71. The van der Waals surface area contributed by atoms with Crippen molar-refractivity contribution < 1.29 is 9.47 Å². The van der Waals surface area contributed by atoms with Gasteiger partial charge in [0.15, 0.2) is 0 Å². The highest BCUT2D eigenvalue weighted by Crippen LogP contribution is 2.25. The van der Waals surface area contributed by atoms with Crippen molar-refractivity contribution in [3.05, 3.63) is 66.4 Å². The molecule has 4 rings (SSSR count). The monoisotopic (exact) mass is 334 g/mol. The molecule has 4 nitrogen and oxygen atoms in total. The maximum Gasteiger partial charge on any atom is 0.120 e. The molecule has 0 amide bonds. The minimum atomic E-state index is 0.255. The Balaban J connectivity index is 1.54. The van der Waals surface area contributed by atoms with E-state index in [0.29, 0.717) is 6.61 Å². The van der Waals surface area contributed by atoms with Gasteiger partial charge in [-0.1, -0.05) is 30.3 Å². The highest BCUT2D eigenvalue weighted by molar-refractivity contribution is 5.83. The zero-order valence-electron chi connectivity index (χ0n) is 14.4. The summed E-state index contributed by atoms with van der Waals surface area (Å²) in [5.74, 6) is 0.866. The summed E-state index contributed by atoms with van der Waals surface area (Å²) in [5, 5.41) is 1.10. The second kappa shape index (κ2) is 7.11. The van der Waals surface area contributed by atoms with E-state index in [0.717, 1.165) is 47.6 Å². The number of ether oxygens (including phenoxy) is 2. The number of aromatic nitrogens is 1. The van der Waals surface area contributed by atoms with E-state index in [4.69, 9.17) is 9.47 Å². The van der Waals surface area contributed by atoms with Crippen LogP contribution in [0.5, 0.6) is 5.75 Å². The van der Waals surface area contributed by atoms with Crippen molar-refractivity contribution in [3.8, 4) is 5.75 Å². The van der Waals surface area contributed by atoms with Crippen molar-refractivity contribution in [1.82, 2.24) is 4.98 Å². The summed E-state index contributed by atoms with van der Waals surface area (Å²) in [5.41, 5.74) is 3.29. The summed E-state index contributed by atoms with van der Waals surface area (Å²) >= 11 is 0. The number of benzene rings is 2. The van der Waals surface area contributed by atoms with Crippen LogP contribution in [0.4, 0.5) is 5.69 Å². The van der Waals surface area contributed by atoms with Gasteiger partial charge in [0.2, 0.25) is 0 Å². The maximum atomic E-state index is 5.94. The SMILES string of the molecule is CC1CN(c2cnc3ccc(OCc4ccccc4)cc3c2)CCO1. The minimum Gasteiger partial charge on any atom is -0.489 e. The average molecular weight is 334 g/mol. The van der Waals surface area contributed by atoms with Crippen molar-refractivity contribution in [2.45, 2.75) is 19.6 Å². The number of fused-ring (bicyclic) bond motifs is 1. The molecule has 0 N–H and O–H groups in total. The number of hydrogen-bond acceptors (Lipinski definition) is 4. The molecule has 0 radical (unpaired) electrons. The standard InChI is InChI=1S/C21H22N2O2/c1-16-14-23(9-10-24-16)19-11-18-12-20(7-8-21(18)22-13-19)25-15-17-5-3-2-4-6-17/h2-8,11-13,16H,9-10,14-15H2,1H3. The van der Waals surface area contributed by atoms with Crippen LogP contribution in [0.15, 0.2) is 60.8 Å². The average Bonchev–Trinajstić information content (AvgIpc) is 2.66. The Bertz CT molecular complexity index is 851. The van der Waals surface area contributed by atoms with Gasteiger partial charge in [-0.2, -0.15) is 0 Å². The molecule has 0 bridgehead atoms. The summed E-state index contributed by atoms with van der Waals surface area (Å²) in [4.78, 5) is 6.93. The van der Waals surface area contributed by atoms with Crippen LogP contribution in [-0.2, 0) is 11.3 Å². The van der Waals surface area contributed by atoms with Crippen molar-refractivity contribution in [3.63, 3.8) is 0 Å². The summed E-state index contributed by atoms with van der Waals surface area (Å²) in [6.45, 7) is 5.25. The summed E-state index contributed by atoms with van der Waals surface area (Å²) in [6, 6.07) is 18.5. The Hall–Kier alpha value is -2.59. The molecular weight excluding hydrogens is 312 g/mol. The van der Waals surface area contributed by atoms with Gasteiger partial charge in [0.1, 0.15) is 12.4 Å². The minimum absolute atomic E-state index is 0.255. The van der Waals surface area contributed by atoms with Crippen LogP contribution in [0.25, 0.3) is 10.9 Å². The second-order valence-corrected chi connectivity index (χ2v) is 6.45. The predicted octanol–water partition coefficient (Wildman–Crippen LogP) is 4.04. The fourth-order valence-corrected chi connectivity index (χ4v) is 3.15. The molecule has 1 aromatic heterocycles. The lowest BCUT2D eigenvalue weighted by atomic mass is 10.1. The van der Waals surface area contributed by atoms with Crippen molar-refractivity contribution in [2.75, 3.05) is 24.6 Å². The molecule has 128 valence electrons. The van der Waals surface area contributed by atoms with Gasteiger partial charge in [-0.05, 0) is 36.8 Å². The molecule has 25 heavy (non-hydrogen) atoms. The number of hydrogen-bond donors (Lipinski definition) is 0. The van der Waals surface area contributed by atoms with E-state index in [-0.39, 0.29) is 6.10 Å². The molecule has 1 saturated heterocycles. The summed E-state index contributed by atoms with van der Waals surface area (Å²) in [7, 11) is 0. The van der Waals surface area contributed by atoms with Gasteiger partial charge in [0, 0.05) is 18.5 Å². The van der Waals surface area contributed by atoms with Crippen LogP contribution in [0, 0.1) is 0 Å². The molecule has 1 fully saturated rings. The first-order valence-corrected chi connectivity index (χ1v) is 8.71. The van der Waals surface area contributed by atoms with Gasteiger partial charge >= 0.3 is 0 Å². The first-order chi connectivity index (χ1) is 12.3. The zero-order valence-corrected chi connectivity index (χ0v) is 14.4. The van der Waals surface area contributed by atoms with Gasteiger partial charge in [-0.25, -0.2) is 0 Å². The molecule has 0 saturated carbocycles. The normalized spacial score (nSPS) is 17.6. The number of rotatable bonds is 4. The summed E-state index contributed by atoms with van der Waals surface area (Å²) < 4.78 is 11.6. The molecule has 1 atom stereocenters. The van der Waals surface area contributed by atoms with Crippen LogP contribution in [0.1, 0.15) is 12.5 Å². The third kappa shape index (κ3) is 3.74. The highest BCUT2D eigenvalue weighted by Gasteiger charge is 2.17. The third-order valence-electron chi connectivity index (χ3n) is 4.49. The Morgan fingerprint density at radius 1 is 1.16 bits per heavy atom. The fraction of sp³-hybridized carbons (Fsp3) is 0.286. The van der Waals surface area contributed by atoms with E-state index in [1.807, 2.05) is 36.5 Å². The smallest absolute Gasteiger partial charge is 0.120 e. The zero-order chi connectivity index (χ0) is 17.1. The van der Waals surface area contributed by atoms with Gasteiger partial charge in [0.25, 0.3) is 0 Å². The van der Waals surface area contributed by atoms with Gasteiger partial charge in [-0.15, -0.1) is 0 Å². The summed E-state index contributed by atoms with van der Waals surface area (Å²) in [6.07, 6.45) is 2.20. The van der Waals surface area contributed by atoms with Gasteiger partial charge in [0.05, 0.1) is 30.1 Å². The molecule has 1 aliphatic rings. The van der Waals surface area contributed by atoms with Crippen LogP contribution in [-0.4, -0.2) is 30.8 Å². The van der Waals surface area contributed by atoms with Gasteiger partial charge < -0.3 is 14.4 Å². The van der Waals surface area contributed by atoms with E-state index in [2.05, 4.69) is 41.1 Å². The molecule has 2 heterocycles. The van der Waals surface area contributed by atoms with Crippen molar-refractivity contribution in [1.29, 1.82) is 0 Å². The number of anilines is 1. The van der Waals surface area contributed by atoms with Crippen molar-refractivity contribution in [2.24, 2.45) is 0 Å². The number of pyridine rings is 1. The highest BCUT2D eigenvalue weighted by atomic mass is 16.5. The topological polar surface area (TPSA) is 34.6 Å². The molecule has 2 aromatic carbocycles. The third-order valence-corrected chi connectivity index (χ3v) is 4.49. The Morgan fingerprint density at radius 3 is 2.88 bits per heavy atom. The molecule has 4 heteroatoms. The lowest BCUT2D eigenvalue weighted by Gasteiger charge is -2.32. The van der Waals surface area contributed by atoms with Crippen LogP contribution in [0.2, 0.25) is 0 Å². The van der Waals surface area contributed by atoms with Crippen LogP contribution >= 0.6 is 0 Å². The molecule has 1 aliphatic heterocycles. The largest absolute Gasteiger partial charge is 0.489 e. The van der Waals surface area contributed by atoms with Crippen LogP contribution in [0.3, 0.4) is 0 Å². The maximum absolute atomic E-state index is 5.94. The van der Waals surface area contributed by atoms with E-state index in [1.54, 1.807) is 0 Å². The van der Waals surface area contributed by atoms with E-state index in [1.165, 1.54) is 0 Å². The fourth-order valence-electron chi connectivity index (χ4n) is 3.15. The lowest BCUT2D eigenvalue weighted by molar-refractivity contribution is 0.0532. The molecular formula is C21H22N2O2. The molecule has 0 spiro atoms. The van der Waals surface area contributed by atoms with Crippen LogP contribution < -0.4 is 9.64 Å². The molecule has 0 aliphatic carbocycles. The van der Waals surface area contributed by atoms with Crippen molar-refractivity contribution >= 4 is 16.6 Å². The number of nitrogens with zero attached hydrogens (tertiary/aromatic N) is 2. The lowest BCUT2D eigenvalue weighted by Crippen LogP contribution is -2.41. The Morgan fingerprint density at radius 2 is 2.04 bits per heavy atom. The molecule has 3 aromatic rings.